The summed E-state index contributed by atoms with van der Waals surface area (Å²) in [5.41, 5.74) is 0.327. The van der Waals surface area contributed by atoms with E-state index < -0.39 is 11.9 Å². The Morgan fingerprint density at radius 1 is 1.40 bits per heavy atom. The molecule has 4 nitrogen and oxygen atoms in total. The first-order chi connectivity index (χ1) is 7.22. The second-order valence-corrected chi connectivity index (χ2v) is 3.16. The normalized spacial score (nSPS) is 22.7. The van der Waals surface area contributed by atoms with E-state index >= 15 is 0 Å². The van der Waals surface area contributed by atoms with E-state index in [1.165, 1.54) is 6.07 Å². The van der Waals surface area contributed by atoms with Crippen LogP contribution in [0.1, 0.15) is 11.6 Å². The van der Waals surface area contributed by atoms with Crippen molar-refractivity contribution in [1.82, 2.24) is 10.6 Å². The number of guanidine groups is 1. The molecule has 0 spiro atoms. The molecule has 0 aromatic heterocycles. The molecular formula is C10H10FN3O. The SMILES string of the molecule is CN=C1NC(=O)C(c2ccccc2F)N1. The zero-order valence-corrected chi connectivity index (χ0v) is 8.12. The Morgan fingerprint density at radius 3 is 2.73 bits per heavy atom. The van der Waals surface area contributed by atoms with Crippen molar-refractivity contribution < 1.29 is 9.18 Å². The molecule has 1 heterocycles. The molecule has 1 aliphatic heterocycles. The molecule has 0 aliphatic carbocycles. The molecule has 1 aromatic carbocycles. The molecule has 2 rings (SSSR count). The molecule has 0 saturated carbocycles. The van der Waals surface area contributed by atoms with Crippen molar-refractivity contribution in [3.05, 3.63) is 35.6 Å². The summed E-state index contributed by atoms with van der Waals surface area (Å²) in [5.74, 6) is -0.323. The van der Waals surface area contributed by atoms with E-state index in [4.69, 9.17) is 0 Å². The lowest BCUT2D eigenvalue weighted by molar-refractivity contribution is -0.120. The lowest BCUT2D eigenvalue weighted by Gasteiger charge is -2.08. The van der Waals surface area contributed by atoms with Gasteiger partial charge in [0.1, 0.15) is 11.9 Å². The van der Waals surface area contributed by atoms with E-state index in [0.717, 1.165) is 0 Å². The minimum absolute atomic E-state index is 0.291. The summed E-state index contributed by atoms with van der Waals surface area (Å²) in [6.45, 7) is 0. The number of rotatable bonds is 1. The lowest BCUT2D eigenvalue weighted by atomic mass is 10.1. The first kappa shape index (κ1) is 9.64. The van der Waals surface area contributed by atoms with Crippen molar-refractivity contribution in [2.45, 2.75) is 6.04 Å². The van der Waals surface area contributed by atoms with Gasteiger partial charge in [0.25, 0.3) is 5.91 Å². The maximum Gasteiger partial charge on any atom is 0.254 e. The summed E-state index contributed by atoms with van der Waals surface area (Å²) >= 11 is 0. The van der Waals surface area contributed by atoms with Gasteiger partial charge in [-0.3, -0.25) is 15.1 Å². The molecular weight excluding hydrogens is 197 g/mol. The summed E-state index contributed by atoms with van der Waals surface area (Å²) in [6.07, 6.45) is 0. The Hall–Kier alpha value is -1.91. The van der Waals surface area contributed by atoms with Gasteiger partial charge >= 0.3 is 0 Å². The molecule has 1 unspecified atom stereocenters. The van der Waals surface area contributed by atoms with Gasteiger partial charge < -0.3 is 5.32 Å². The number of nitrogens with one attached hydrogen (secondary N) is 2. The van der Waals surface area contributed by atoms with Gasteiger partial charge in [-0.05, 0) is 6.07 Å². The summed E-state index contributed by atoms with van der Waals surface area (Å²) in [7, 11) is 1.55. The number of carbonyl (C=O) groups excluding carboxylic acids is 1. The number of carbonyl (C=O) groups is 1. The van der Waals surface area contributed by atoms with Crippen molar-refractivity contribution in [3.63, 3.8) is 0 Å². The number of nitrogens with zero attached hydrogens (tertiary/aromatic N) is 1. The second-order valence-electron chi connectivity index (χ2n) is 3.16. The molecule has 1 saturated heterocycles. The molecule has 1 aromatic rings. The Morgan fingerprint density at radius 2 is 2.13 bits per heavy atom. The highest BCUT2D eigenvalue weighted by atomic mass is 19.1. The van der Waals surface area contributed by atoms with Crippen LogP contribution in [0.4, 0.5) is 4.39 Å². The van der Waals surface area contributed by atoms with Crippen molar-refractivity contribution in [3.8, 4) is 0 Å². The summed E-state index contributed by atoms with van der Waals surface area (Å²) in [5, 5.41) is 5.31. The van der Waals surface area contributed by atoms with Gasteiger partial charge in [0.15, 0.2) is 5.96 Å². The molecule has 0 bridgehead atoms. The number of amides is 1. The van der Waals surface area contributed by atoms with Gasteiger partial charge in [-0.2, -0.15) is 0 Å². The Bertz CT molecular complexity index is 430. The van der Waals surface area contributed by atoms with Crippen LogP contribution in [0, 0.1) is 5.82 Å². The van der Waals surface area contributed by atoms with E-state index in [1.807, 2.05) is 0 Å². The number of hydrogen-bond donors (Lipinski definition) is 2. The second kappa shape index (κ2) is 3.68. The summed E-state index contributed by atoms with van der Waals surface area (Å²) in [4.78, 5) is 15.3. The van der Waals surface area contributed by atoms with Gasteiger partial charge in [0, 0.05) is 12.6 Å². The third-order valence-corrected chi connectivity index (χ3v) is 2.22. The topological polar surface area (TPSA) is 53.5 Å². The average Bonchev–Trinajstić information content (AvgIpc) is 2.60. The molecule has 1 atom stereocenters. The molecule has 78 valence electrons. The quantitative estimate of drug-likeness (QED) is 0.707. The molecule has 2 N–H and O–H groups in total. The van der Waals surface area contributed by atoms with Crippen LogP contribution in [0.3, 0.4) is 0 Å². The minimum atomic E-state index is -0.690. The van der Waals surface area contributed by atoms with Crippen molar-refractivity contribution in [1.29, 1.82) is 0 Å². The monoisotopic (exact) mass is 207 g/mol. The molecule has 0 radical (unpaired) electrons. The fraction of sp³-hybridized carbons (Fsp3) is 0.200. The molecule has 15 heavy (non-hydrogen) atoms. The highest BCUT2D eigenvalue weighted by Crippen LogP contribution is 2.19. The number of aliphatic imine (C=N–C) groups is 1. The van der Waals surface area contributed by atoms with Crippen LogP contribution in [-0.2, 0) is 4.79 Å². The fourth-order valence-corrected chi connectivity index (χ4v) is 1.48. The van der Waals surface area contributed by atoms with E-state index in [9.17, 15) is 9.18 Å². The summed E-state index contributed by atoms with van der Waals surface area (Å²) in [6, 6.07) is 5.48. The molecule has 1 amide bonds. The van der Waals surface area contributed by atoms with Gasteiger partial charge in [-0.1, -0.05) is 18.2 Å². The summed E-state index contributed by atoms with van der Waals surface area (Å²) < 4.78 is 13.4. The van der Waals surface area contributed by atoms with Gasteiger partial charge in [-0.25, -0.2) is 4.39 Å². The smallest absolute Gasteiger partial charge is 0.254 e. The van der Waals surface area contributed by atoms with Crippen LogP contribution in [-0.4, -0.2) is 18.9 Å². The van der Waals surface area contributed by atoms with E-state index in [-0.39, 0.29) is 5.91 Å². The molecule has 1 aliphatic rings. The zero-order valence-electron chi connectivity index (χ0n) is 8.12. The maximum atomic E-state index is 13.4. The molecule has 5 heteroatoms. The van der Waals surface area contributed by atoms with Crippen molar-refractivity contribution in [2.75, 3.05) is 7.05 Å². The Balaban J connectivity index is 2.33. The standard InChI is InChI=1S/C10H10FN3O/c1-12-10-13-8(9(15)14-10)6-4-2-3-5-7(6)11/h2-5,8H,1H3,(H2,12,13,14,15). The fourth-order valence-electron chi connectivity index (χ4n) is 1.48. The van der Waals surface area contributed by atoms with Gasteiger partial charge in [0.2, 0.25) is 0 Å². The highest BCUT2D eigenvalue weighted by Gasteiger charge is 2.30. The maximum absolute atomic E-state index is 13.4. The van der Waals surface area contributed by atoms with Gasteiger partial charge in [-0.15, -0.1) is 0 Å². The molecule has 1 fully saturated rings. The van der Waals surface area contributed by atoms with Crippen LogP contribution in [0.25, 0.3) is 0 Å². The first-order valence-electron chi connectivity index (χ1n) is 4.51. The van der Waals surface area contributed by atoms with E-state index in [1.54, 1.807) is 25.2 Å². The van der Waals surface area contributed by atoms with Crippen LogP contribution in [0.5, 0.6) is 0 Å². The first-order valence-corrected chi connectivity index (χ1v) is 4.51. The highest BCUT2D eigenvalue weighted by molar-refractivity contribution is 6.06. The van der Waals surface area contributed by atoms with Crippen LogP contribution in [0.15, 0.2) is 29.3 Å². The average molecular weight is 207 g/mol. The minimum Gasteiger partial charge on any atom is -0.340 e. The van der Waals surface area contributed by atoms with E-state index in [2.05, 4.69) is 15.6 Å². The van der Waals surface area contributed by atoms with Crippen LogP contribution < -0.4 is 10.6 Å². The largest absolute Gasteiger partial charge is 0.340 e. The van der Waals surface area contributed by atoms with Crippen LogP contribution >= 0.6 is 0 Å². The lowest BCUT2D eigenvalue weighted by Crippen LogP contribution is -2.24. The Labute approximate surface area is 86.2 Å². The predicted molar refractivity (Wildman–Crippen MR) is 53.8 cm³/mol. The van der Waals surface area contributed by atoms with Crippen LogP contribution in [0.2, 0.25) is 0 Å². The van der Waals surface area contributed by atoms with Crippen molar-refractivity contribution >= 4 is 11.9 Å². The number of hydrogen-bond acceptors (Lipinski definition) is 2. The third-order valence-electron chi connectivity index (χ3n) is 2.22. The Kier molecular flexibility index (Phi) is 2.37. The van der Waals surface area contributed by atoms with Crippen molar-refractivity contribution in [2.24, 2.45) is 4.99 Å². The predicted octanol–water partition coefficient (Wildman–Crippen LogP) is 0.572. The number of halogens is 1. The number of benzene rings is 1. The third kappa shape index (κ3) is 1.68. The zero-order chi connectivity index (χ0) is 10.8. The van der Waals surface area contributed by atoms with Gasteiger partial charge in [0.05, 0.1) is 0 Å². The van der Waals surface area contributed by atoms with E-state index in [0.29, 0.717) is 11.5 Å².